The van der Waals surface area contributed by atoms with Gasteiger partial charge in [-0.1, -0.05) is 42.5 Å². The van der Waals surface area contributed by atoms with Crippen molar-refractivity contribution < 1.29 is 36.6 Å². The number of nitrogens with one attached hydrogen (secondary N) is 1. The van der Waals surface area contributed by atoms with E-state index in [0.29, 0.717) is 31.9 Å². The van der Waals surface area contributed by atoms with E-state index in [1.165, 1.54) is 25.1 Å². The molecule has 0 saturated carbocycles. The van der Waals surface area contributed by atoms with E-state index in [0.717, 1.165) is 32.4 Å². The van der Waals surface area contributed by atoms with Crippen molar-refractivity contribution in [2.75, 3.05) is 13.2 Å². The highest BCUT2D eigenvalue weighted by molar-refractivity contribution is 5.68. The third-order valence-corrected chi connectivity index (χ3v) is 8.28. The number of halogens is 5. The first kappa shape index (κ1) is 33.6. The highest BCUT2D eigenvalue weighted by Crippen LogP contribution is 2.34. The van der Waals surface area contributed by atoms with Crippen molar-refractivity contribution in [1.82, 2.24) is 14.5 Å². The normalized spacial score (nSPS) is 14.6. The second kappa shape index (κ2) is 13.9. The molecular weight excluding hydrogens is 625 g/mol. The molecule has 0 fully saturated rings. The van der Waals surface area contributed by atoms with Crippen LogP contribution in [0, 0.1) is 18.6 Å². The number of hydrogen-bond donors (Lipinski definition) is 2. The van der Waals surface area contributed by atoms with Crippen LogP contribution in [0.2, 0.25) is 0 Å². The molecule has 0 amide bonds. The molecular formula is C34H32F5N3O5. The molecule has 0 unspecified atom stereocenters. The van der Waals surface area contributed by atoms with E-state index in [4.69, 9.17) is 9.84 Å². The van der Waals surface area contributed by atoms with E-state index in [2.05, 4.69) is 5.32 Å². The van der Waals surface area contributed by atoms with Crippen LogP contribution in [0.25, 0.3) is 11.1 Å². The number of nitrogens with zero attached hydrogens (tertiary/aromatic N) is 2. The fraction of sp³-hybridized carbons (Fsp3) is 0.324. The van der Waals surface area contributed by atoms with Crippen LogP contribution < -0.4 is 21.3 Å². The van der Waals surface area contributed by atoms with Crippen LogP contribution in [-0.2, 0) is 30.5 Å². The summed E-state index contributed by atoms with van der Waals surface area (Å²) < 4.78 is 80.1. The number of rotatable bonds is 11. The van der Waals surface area contributed by atoms with Crippen molar-refractivity contribution in [3.05, 3.63) is 121 Å². The van der Waals surface area contributed by atoms with Crippen LogP contribution in [0.5, 0.6) is 5.75 Å². The number of unbranched alkanes of at least 4 members (excludes halogenated alkanes) is 1. The molecule has 0 aliphatic carbocycles. The lowest BCUT2D eigenvalue weighted by Gasteiger charge is -2.28. The number of carboxylic acid groups (broad SMARTS) is 1. The Morgan fingerprint density at radius 2 is 1.74 bits per heavy atom. The summed E-state index contributed by atoms with van der Waals surface area (Å²) in [6, 6.07) is 13.4. The first-order valence-electron chi connectivity index (χ1n) is 15.0. The molecule has 1 atom stereocenters. The maximum Gasteiger partial charge on any atom is 0.416 e. The lowest BCUT2D eigenvalue weighted by Crippen LogP contribution is -2.46. The summed E-state index contributed by atoms with van der Waals surface area (Å²) in [4.78, 5) is 38.9. The van der Waals surface area contributed by atoms with Gasteiger partial charge >= 0.3 is 17.8 Å². The van der Waals surface area contributed by atoms with Gasteiger partial charge in [0.15, 0.2) is 11.6 Å². The molecule has 0 bridgehead atoms. The van der Waals surface area contributed by atoms with Gasteiger partial charge in [-0.2, -0.15) is 13.2 Å². The summed E-state index contributed by atoms with van der Waals surface area (Å²) in [5, 5.41) is 12.1. The quantitative estimate of drug-likeness (QED) is 0.155. The predicted molar refractivity (Wildman–Crippen MR) is 163 cm³/mol. The number of aromatic nitrogens is 2. The Morgan fingerprint density at radius 1 is 1.00 bits per heavy atom. The number of carboxylic acids is 1. The van der Waals surface area contributed by atoms with Gasteiger partial charge in [0, 0.05) is 23.2 Å². The van der Waals surface area contributed by atoms with E-state index >= 15 is 8.78 Å². The van der Waals surface area contributed by atoms with Gasteiger partial charge in [0.2, 0.25) is 0 Å². The van der Waals surface area contributed by atoms with Gasteiger partial charge in [-0.3, -0.25) is 18.7 Å². The van der Waals surface area contributed by atoms with E-state index < -0.39 is 58.7 Å². The number of alkyl halides is 3. The minimum Gasteiger partial charge on any atom is -0.490 e. The van der Waals surface area contributed by atoms with E-state index in [1.54, 1.807) is 6.07 Å². The average molecular weight is 658 g/mol. The third kappa shape index (κ3) is 7.14. The fourth-order valence-electron chi connectivity index (χ4n) is 5.92. The van der Waals surface area contributed by atoms with E-state index in [9.17, 15) is 27.6 Å². The van der Waals surface area contributed by atoms with Gasteiger partial charge in [-0.25, -0.2) is 13.6 Å². The van der Waals surface area contributed by atoms with Gasteiger partial charge in [0.1, 0.15) is 5.82 Å². The number of hydrogen-bond acceptors (Lipinski definition) is 5. The van der Waals surface area contributed by atoms with E-state index in [1.807, 2.05) is 18.2 Å². The molecule has 1 aliphatic heterocycles. The molecule has 2 N–H and O–H groups in total. The van der Waals surface area contributed by atoms with Crippen LogP contribution in [0.15, 0.2) is 70.3 Å². The second-order valence-corrected chi connectivity index (χ2v) is 11.3. The summed E-state index contributed by atoms with van der Waals surface area (Å²) in [5.74, 6) is -3.37. The molecule has 248 valence electrons. The Kier molecular flexibility index (Phi) is 9.94. The average Bonchev–Trinajstić information content (AvgIpc) is 3.02. The third-order valence-electron chi connectivity index (χ3n) is 8.28. The number of fused-ring (bicyclic) bond motifs is 1. The van der Waals surface area contributed by atoms with Crippen molar-refractivity contribution in [3.63, 3.8) is 0 Å². The molecule has 5 rings (SSSR count). The minimum atomic E-state index is -4.94. The number of aliphatic carboxylic acids is 1. The maximum atomic E-state index is 16.0. The van der Waals surface area contributed by atoms with Gasteiger partial charge in [-0.05, 0) is 62.1 Å². The monoisotopic (exact) mass is 657 g/mol. The van der Waals surface area contributed by atoms with Crippen LogP contribution >= 0.6 is 0 Å². The highest BCUT2D eigenvalue weighted by atomic mass is 19.4. The highest BCUT2D eigenvalue weighted by Gasteiger charge is 2.35. The van der Waals surface area contributed by atoms with Crippen LogP contribution in [0.1, 0.15) is 53.3 Å². The fourth-order valence-corrected chi connectivity index (χ4v) is 5.92. The zero-order valence-electron chi connectivity index (χ0n) is 25.4. The summed E-state index contributed by atoms with van der Waals surface area (Å²) in [5.41, 5.74) is -2.85. The Labute approximate surface area is 266 Å². The first-order chi connectivity index (χ1) is 22.4. The number of ether oxygens (including phenoxy) is 1. The molecule has 0 spiro atoms. The standard InChI is InChI=1S/C34H32F5N3O5/c1-20-30(23-10-6-13-28(31(23)36)47-17-5-4-14-29(43)44)32(45)42(19-27-22-9-3-2-8-21(22)15-16-40-27)33(46)41(20)18-24-25(34(37,38)39)11-7-12-26(24)35/h2-3,6-13,27,40H,4-5,14-19H2,1H3,(H,43,44)/t27-/m0/s1. The van der Waals surface area contributed by atoms with Crippen molar-refractivity contribution in [1.29, 1.82) is 0 Å². The molecule has 8 nitrogen and oxygen atoms in total. The molecule has 2 heterocycles. The molecule has 47 heavy (non-hydrogen) atoms. The minimum absolute atomic E-state index is 0.0172. The molecule has 3 aromatic carbocycles. The summed E-state index contributed by atoms with van der Waals surface area (Å²) in [7, 11) is 0. The van der Waals surface area contributed by atoms with Crippen LogP contribution in [-0.4, -0.2) is 33.4 Å². The summed E-state index contributed by atoms with van der Waals surface area (Å²) in [6.45, 7) is 0.705. The van der Waals surface area contributed by atoms with Gasteiger partial charge in [0.25, 0.3) is 5.56 Å². The van der Waals surface area contributed by atoms with Crippen LogP contribution in [0.4, 0.5) is 22.0 Å². The molecule has 1 aromatic heterocycles. The Morgan fingerprint density at radius 3 is 2.49 bits per heavy atom. The Balaban J connectivity index is 1.65. The smallest absolute Gasteiger partial charge is 0.416 e. The Bertz CT molecular complexity index is 1920. The Hall–Kier alpha value is -4.78. The lowest BCUT2D eigenvalue weighted by molar-refractivity contribution is -0.139. The van der Waals surface area contributed by atoms with Crippen molar-refractivity contribution in [3.8, 4) is 16.9 Å². The molecule has 13 heteroatoms. The van der Waals surface area contributed by atoms with E-state index in [-0.39, 0.29) is 42.1 Å². The number of carbonyl (C=O) groups is 1. The van der Waals surface area contributed by atoms with Crippen LogP contribution in [0.3, 0.4) is 0 Å². The largest absolute Gasteiger partial charge is 0.490 e. The maximum absolute atomic E-state index is 16.0. The zero-order valence-corrected chi connectivity index (χ0v) is 25.4. The first-order valence-corrected chi connectivity index (χ1v) is 15.0. The zero-order chi connectivity index (χ0) is 33.9. The predicted octanol–water partition coefficient (Wildman–Crippen LogP) is 5.85. The van der Waals surface area contributed by atoms with Crippen molar-refractivity contribution in [2.24, 2.45) is 0 Å². The molecule has 0 radical (unpaired) electrons. The summed E-state index contributed by atoms with van der Waals surface area (Å²) in [6.07, 6.45) is -3.73. The lowest BCUT2D eigenvalue weighted by atomic mass is 9.94. The topological polar surface area (TPSA) is 103 Å². The molecule has 0 saturated heterocycles. The van der Waals surface area contributed by atoms with Crippen molar-refractivity contribution >= 4 is 5.97 Å². The molecule has 1 aliphatic rings. The van der Waals surface area contributed by atoms with Gasteiger partial charge < -0.3 is 15.2 Å². The number of benzene rings is 3. The SMILES string of the molecule is Cc1c(-c2cccc(OCCCCC(=O)O)c2F)c(=O)n(C[C@@H]2NCCc3ccccc32)c(=O)n1Cc1c(F)cccc1C(F)(F)F. The molecule has 4 aromatic rings. The van der Waals surface area contributed by atoms with Gasteiger partial charge in [0.05, 0.1) is 36.9 Å². The van der Waals surface area contributed by atoms with Crippen molar-refractivity contribution in [2.45, 2.75) is 57.9 Å². The summed E-state index contributed by atoms with van der Waals surface area (Å²) >= 11 is 0. The van der Waals surface area contributed by atoms with Gasteiger partial charge in [-0.15, -0.1) is 0 Å². The second-order valence-electron chi connectivity index (χ2n) is 11.3.